The van der Waals surface area contributed by atoms with E-state index in [0.717, 1.165) is 36.6 Å². The monoisotopic (exact) mass is 448 g/mol. The van der Waals surface area contributed by atoms with E-state index in [-0.39, 0.29) is 0 Å². The van der Waals surface area contributed by atoms with E-state index in [2.05, 4.69) is 47.4 Å². The first-order chi connectivity index (χ1) is 15.7. The minimum Gasteiger partial charge on any atom is -0.490 e. The SMILES string of the molecule is C=Cc1cn(CCCN2C3CCC2CC(Oc2ccc(Cl)cc2)C3)c2c(CC)cccc12. The van der Waals surface area contributed by atoms with Crippen molar-refractivity contribution >= 4 is 28.6 Å². The normalized spacial score (nSPS) is 23.0. The van der Waals surface area contributed by atoms with Gasteiger partial charge in [-0.1, -0.05) is 49.4 Å². The van der Waals surface area contributed by atoms with Gasteiger partial charge >= 0.3 is 0 Å². The van der Waals surface area contributed by atoms with Gasteiger partial charge in [-0.05, 0) is 73.9 Å². The fourth-order valence-corrected chi connectivity index (χ4v) is 6.03. The largest absolute Gasteiger partial charge is 0.490 e. The summed E-state index contributed by atoms with van der Waals surface area (Å²) in [6.45, 7) is 8.50. The molecule has 32 heavy (non-hydrogen) atoms. The second-order valence-electron chi connectivity index (χ2n) is 9.29. The van der Waals surface area contributed by atoms with Crippen LogP contribution in [-0.4, -0.2) is 34.2 Å². The van der Waals surface area contributed by atoms with Crippen molar-refractivity contribution in [1.29, 1.82) is 0 Å². The van der Waals surface area contributed by atoms with Crippen molar-refractivity contribution in [1.82, 2.24) is 9.47 Å². The van der Waals surface area contributed by atoms with Crippen molar-refractivity contribution < 1.29 is 4.74 Å². The molecular formula is C28H33ClN2O. The molecule has 0 spiro atoms. The van der Waals surface area contributed by atoms with Crippen LogP contribution >= 0.6 is 11.6 Å². The highest BCUT2D eigenvalue weighted by atomic mass is 35.5. The zero-order valence-electron chi connectivity index (χ0n) is 19.0. The Hall–Kier alpha value is -2.23. The Balaban J connectivity index is 1.21. The van der Waals surface area contributed by atoms with Crippen LogP contribution in [0, 0.1) is 0 Å². The first kappa shape index (κ1) is 21.6. The van der Waals surface area contributed by atoms with Gasteiger partial charge in [-0.25, -0.2) is 0 Å². The van der Waals surface area contributed by atoms with Gasteiger partial charge in [0.25, 0.3) is 0 Å². The van der Waals surface area contributed by atoms with Gasteiger partial charge in [0, 0.05) is 41.8 Å². The predicted molar refractivity (Wildman–Crippen MR) is 135 cm³/mol. The van der Waals surface area contributed by atoms with Crippen LogP contribution < -0.4 is 4.74 Å². The molecule has 2 bridgehead atoms. The maximum absolute atomic E-state index is 6.30. The summed E-state index contributed by atoms with van der Waals surface area (Å²) in [5.41, 5.74) is 4.06. The fraction of sp³-hybridized carbons (Fsp3) is 0.429. The third-order valence-corrected chi connectivity index (χ3v) is 7.64. The maximum atomic E-state index is 6.30. The molecule has 2 aliphatic rings. The highest BCUT2D eigenvalue weighted by Crippen LogP contribution is 2.37. The standard InChI is InChI=1S/C28H33ClN2O/c1-3-20-7-5-8-27-21(4-2)19-30(28(20)27)15-6-16-31-23-11-12-24(31)18-26(17-23)32-25-13-9-22(29)10-14-25/h4-5,7-10,13-14,19,23-24,26H,2-3,6,11-12,15-18H2,1H3. The molecule has 3 aromatic rings. The molecule has 0 aliphatic carbocycles. The molecule has 2 aliphatic heterocycles. The number of hydrogen-bond donors (Lipinski definition) is 0. The number of halogens is 1. The molecule has 4 heteroatoms. The number of rotatable bonds is 8. The zero-order valence-corrected chi connectivity index (χ0v) is 19.7. The number of aryl methyl sites for hydroxylation is 2. The van der Waals surface area contributed by atoms with Crippen molar-refractivity contribution in [2.24, 2.45) is 0 Å². The summed E-state index contributed by atoms with van der Waals surface area (Å²) in [5.74, 6) is 0.941. The summed E-state index contributed by atoms with van der Waals surface area (Å²) in [6, 6.07) is 15.8. The minimum atomic E-state index is 0.320. The van der Waals surface area contributed by atoms with E-state index >= 15 is 0 Å². The van der Waals surface area contributed by atoms with Gasteiger partial charge in [-0.2, -0.15) is 0 Å². The van der Waals surface area contributed by atoms with Gasteiger partial charge in [-0.3, -0.25) is 4.90 Å². The highest BCUT2D eigenvalue weighted by Gasteiger charge is 2.41. The molecule has 0 radical (unpaired) electrons. The Morgan fingerprint density at radius 2 is 1.81 bits per heavy atom. The number of nitrogens with zero attached hydrogens (tertiary/aromatic N) is 2. The van der Waals surface area contributed by atoms with E-state index < -0.39 is 0 Å². The van der Waals surface area contributed by atoms with Gasteiger partial charge in [0.05, 0.1) is 5.52 Å². The number of ether oxygens (including phenoxy) is 1. The van der Waals surface area contributed by atoms with Crippen LogP contribution in [0.15, 0.2) is 55.2 Å². The summed E-state index contributed by atoms with van der Waals surface area (Å²) in [5, 5.41) is 2.09. The van der Waals surface area contributed by atoms with Crippen molar-refractivity contribution in [3.05, 3.63) is 71.4 Å². The summed E-state index contributed by atoms with van der Waals surface area (Å²) in [7, 11) is 0. The fourth-order valence-electron chi connectivity index (χ4n) is 5.90. The van der Waals surface area contributed by atoms with E-state index in [4.69, 9.17) is 16.3 Å². The Morgan fingerprint density at radius 1 is 1.06 bits per heavy atom. The summed E-state index contributed by atoms with van der Waals surface area (Å²) in [4.78, 5) is 2.77. The van der Waals surface area contributed by atoms with E-state index in [0.29, 0.717) is 18.2 Å². The molecule has 2 atom stereocenters. The average molecular weight is 449 g/mol. The number of benzene rings is 2. The number of piperidine rings is 1. The molecule has 2 unspecified atom stereocenters. The minimum absolute atomic E-state index is 0.320. The summed E-state index contributed by atoms with van der Waals surface area (Å²) in [6.07, 6.45) is 11.7. The van der Waals surface area contributed by atoms with Gasteiger partial charge in [-0.15, -0.1) is 0 Å². The zero-order chi connectivity index (χ0) is 22.1. The maximum Gasteiger partial charge on any atom is 0.119 e. The third kappa shape index (κ3) is 4.21. The number of aromatic nitrogens is 1. The van der Waals surface area contributed by atoms with Crippen molar-refractivity contribution in [3.8, 4) is 5.75 Å². The highest BCUT2D eigenvalue weighted by molar-refractivity contribution is 6.30. The first-order valence-corrected chi connectivity index (χ1v) is 12.4. The molecule has 1 aromatic heterocycles. The molecule has 0 N–H and O–H groups in total. The van der Waals surface area contributed by atoms with E-state index in [1.165, 1.54) is 47.8 Å². The molecule has 2 aromatic carbocycles. The van der Waals surface area contributed by atoms with Gasteiger partial charge in [0.2, 0.25) is 0 Å². The number of para-hydroxylation sites is 1. The Kier molecular flexibility index (Phi) is 6.30. The van der Waals surface area contributed by atoms with Gasteiger partial charge in [0.1, 0.15) is 11.9 Å². The number of hydrogen-bond acceptors (Lipinski definition) is 2. The molecule has 3 heterocycles. The van der Waals surface area contributed by atoms with Crippen LogP contribution in [0.3, 0.4) is 0 Å². The first-order valence-electron chi connectivity index (χ1n) is 12.1. The lowest BCUT2D eigenvalue weighted by atomic mass is 9.99. The Labute approximate surface area is 196 Å². The molecule has 2 fully saturated rings. The lowest BCUT2D eigenvalue weighted by Crippen LogP contribution is -2.46. The van der Waals surface area contributed by atoms with Crippen LogP contribution in [-0.2, 0) is 13.0 Å². The van der Waals surface area contributed by atoms with Crippen molar-refractivity contribution in [3.63, 3.8) is 0 Å². The van der Waals surface area contributed by atoms with E-state index in [9.17, 15) is 0 Å². The lowest BCUT2D eigenvalue weighted by Gasteiger charge is -2.39. The van der Waals surface area contributed by atoms with Crippen molar-refractivity contribution in [2.75, 3.05) is 6.54 Å². The predicted octanol–water partition coefficient (Wildman–Crippen LogP) is 6.96. The molecule has 0 saturated carbocycles. The number of fused-ring (bicyclic) bond motifs is 3. The smallest absolute Gasteiger partial charge is 0.119 e. The van der Waals surface area contributed by atoms with Crippen LogP contribution in [0.4, 0.5) is 0 Å². The van der Waals surface area contributed by atoms with Crippen LogP contribution in [0.5, 0.6) is 5.75 Å². The topological polar surface area (TPSA) is 17.4 Å². The summed E-state index contributed by atoms with van der Waals surface area (Å²) >= 11 is 6.01. The summed E-state index contributed by atoms with van der Waals surface area (Å²) < 4.78 is 8.77. The van der Waals surface area contributed by atoms with E-state index in [1.54, 1.807) is 0 Å². The van der Waals surface area contributed by atoms with Crippen LogP contribution in [0.2, 0.25) is 5.02 Å². The molecule has 3 nitrogen and oxygen atoms in total. The molecule has 5 rings (SSSR count). The molecule has 168 valence electrons. The average Bonchev–Trinajstić information content (AvgIpc) is 3.29. The second kappa shape index (κ2) is 9.33. The third-order valence-electron chi connectivity index (χ3n) is 7.39. The molecular weight excluding hydrogens is 416 g/mol. The quantitative estimate of drug-likeness (QED) is 0.370. The second-order valence-corrected chi connectivity index (χ2v) is 9.73. The Bertz CT molecular complexity index is 1070. The van der Waals surface area contributed by atoms with Crippen LogP contribution in [0.25, 0.3) is 17.0 Å². The van der Waals surface area contributed by atoms with Crippen LogP contribution in [0.1, 0.15) is 50.2 Å². The van der Waals surface area contributed by atoms with Gasteiger partial charge in [0.15, 0.2) is 0 Å². The molecule has 2 saturated heterocycles. The van der Waals surface area contributed by atoms with Crippen molar-refractivity contribution in [2.45, 2.75) is 70.2 Å². The molecule has 0 amide bonds. The lowest BCUT2D eigenvalue weighted by molar-refractivity contribution is 0.0482. The van der Waals surface area contributed by atoms with E-state index in [1.807, 2.05) is 30.3 Å². The van der Waals surface area contributed by atoms with Gasteiger partial charge < -0.3 is 9.30 Å². The Morgan fingerprint density at radius 3 is 2.50 bits per heavy atom.